The topological polar surface area (TPSA) is 57.8 Å². The fourth-order valence-corrected chi connectivity index (χ4v) is 2.30. The number of nitriles is 1. The van der Waals surface area contributed by atoms with Gasteiger partial charge >= 0.3 is 0 Å². The summed E-state index contributed by atoms with van der Waals surface area (Å²) in [6.45, 7) is 6.65. The third kappa shape index (κ3) is 3.14. The highest BCUT2D eigenvalue weighted by molar-refractivity contribution is 6.04. The second kappa shape index (κ2) is 6.27. The number of rotatable bonds is 4. The maximum absolute atomic E-state index is 12.0. The van der Waals surface area contributed by atoms with Crippen LogP contribution in [0.5, 0.6) is 0 Å². The van der Waals surface area contributed by atoms with E-state index in [1.807, 2.05) is 50.4 Å². The van der Waals surface area contributed by atoms with Crippen molar-refractivity contribution in [3.05, 3.63) is 41.6 Å². The molecule has 0 bridgehead atoms. The van der Waals surface area contributed by atoms with Gasteiger partial charge in [0.25, 0.3) is 5.91 Å². The summed E-state index contributed by atoms with van der Waals surface area (Å²) >= 11 is 0. The summed E-state index contributed by atoms with van der Waals surface area (Å²) in [5.74, 6) is -0.333. The highest BCUT2D eigenvalue weighted by atomic mass is 16.1. The number of fused-ring (bicyclic) bond motifs is 1. The lowest BCUT2D eigenvalue weighted by molar-refractivity contribution is -0.117. The van der Waals surface area contributed by atoms with Crippen molar-refractivity contribution in [1.29, 1.82) is 5.26 Å². The Kier molecular flexibility index (Phi) is 4.44. The predicted molar refractivity (Wildman–Crippen MR) is 84.5 cm³/mol. The summed E-state index contributed by atoms with van der Waals surface area (Å²) in [5, 5.41) is 13.0. The van der Waals surface area contributed by atoms with Crippen LogP contribution in [0.1, 0.15) is 26.3 Å². The SMILES string of the molecule is CCn1cc(/C=C(/C#N)C(=O)NC(C)C)c2ccccc21. The maximum atomic E-state index is 12.0. The Balaban J connectivity index is 2.48. The van der Waals surface area contributed by atoms with Gasteiger partial charge in [0.2, 0.25) is 0 Å². The van der Waals surface area contributed by atoms with Crippen molar-refractivity contribution in [3.8, 4) is 6.07 Å². The van der Waals surface area contributed by atoms with Gasteiger partial charge in [-0.3, -0.25) is 4.79 Å². The molecular weight excluding hydrogens is 262 g/mol. The molecule has 2 rings (SSSR count). The lowest BCUT2D eigenvalue weighted by Gasteiger charge is -2.06. The summed E-state index contributed by atoms with van der Waals surface area (Å²) in [4.78, 5) is 12.0. The van der Waals surface area contributed by atoms with Gasteiger partial charge in [0.15, 0.2) is 0 Å². The van der Waals surface area contributed by atoms with Gasteiger partial charge in [0.1, 0.15) is 11.6 Å². The lowest BCUT2D eigenvalue weighted by atomic mass is 10.1. The van der Waals surface area contributed by atoms with Crippen LogP contribution >= 0.6 is 0 Å². The van der Waals surface area contributed by atoms with E-state index in [0.29, 0.717) is 0 Å². The molecule has 0 saturated heterocycles. The molecule has 0 fully saturated rings. The number of hydrogen-bond donors (Lipinski definition) is 1. The average Bonchev–Trinajstić information content (AvgIpc) is 2.82. The quantitative estimate of drug-likeness (QED) is 0.691. The Morgan fingerprint density at radius 2 is 2.14 bits per heavy atom. The Labute approximate surface area is 124 Å². The number of aryl methyl sites for hydroxylation is 1. The predicted octanol–water partition coefficient (Wildman–Crippen LogP) is 3.09. The fourth-order valence-electron chi connectivity index (χ4n) is 2.30. The molecular formula is C17H19N3O. The smallest absolute Gasteiger partial charge is 0.262 e. The summed E-state index contributed by atoms with van der Waals surface area (Å²) in [5.41, 5.74) is 2.12. The Morgan fingerprint density at radius 1 is 1.43 bits per heavy atom. The van der Waals surface area contributed by atoms with Crippen molar-refractivity contribution in [2.75, 3.05) is 0 Å². The number of benzene rings is 1. The molecule has 1 N–H and O–H groups in total. The van der Waals surface area contributed by atoms with Crippen LogP contribution in [0.15, 0.2) is 36.0 Å². The molecule has 0 unspecified atom stereocenters. The van der Waals surface area contributed by atoms with Gasteiger partial charge in [-0.1, -0.05) is 18.2 Å². The number of nitrogens with one attached hydrogen (secondary N) is 1. The highest BCUT2D eigenvalue weighted by Crippen LogP contribution is 2.23. The summed E-state index contributed by atoms with van der Waals surface area (Å²) < 4.78 is 2.11. The van der Waals surface area contributed by atoms with Crippen LogP contribution in [-0.2, 0) is 11.3 Å². The molecule has 4 nitrogen and oxygen atoms in total. The van der Waals surface area contributed by atoms with Crippen molar-refractivity contribution in [1.82, 2.24) is 9.88 Å². The molecule has 0 spiro atoms. The molecule has 0 saturated carbocycles. The second-order valence-corrected chi connectivity index (χ2v) is 5.19. The first kappa shape index (κ1) is 14.9. The van der Waals surface area contributed by atoms with Gasteiger partial charge in [0.05, 0.1) is 0 Å². The zero-order chi connectivity index (χ0) is 15.4. The summed E-state index contributed by atoms with van der Waals surface area (Å²) in [6, 6.07) is 9.98. The van der Waals surface area contributed by atoms with E-state index >= 15 is 0 Å². The molecule has 21 heavy (non-hydrogen) atoms. The van der Waals surface area contributed by atoms with Crippen molar-refractivity contribution in [2.45, 2.75) is 33.4 Å². The number of hydrogen-bond acceptors (Lipinski definition) is 2. The minimum atomic E-state index is -0.333. The lowest BCUT2D eigenvalue weighted by Crippen LogP contribution is -2.30. The minimum absolute atomic E-state index is 0.00577. The van der Waals surface area contributed by atoms with Crippen LogP contribution in [0.4, 0.5) is 0 Å². The molecule has 0 aliphatic carbocycles. The van der Waals surface area contributed by atoms with Crippen LogP contribution in [0, 0.1) is 11.3 Å². The third-order valence-corrected chi connectivity index (χ3v) is 3.24. The van der Waals surface area contributed by atoms with E-state index in [-0.39, 0.29) is 17.5 Å². The number of carbonyl (C=O) groups is 1. The number of amides is 1. The second-order valence-electron chi connectivity index (χ2n) is 5.19. The normalized spacial score (nSPS) is 11.7. The number of nitrogens with zero attached hydrogens (tertiary/aromatic N) is 2. The number of para-hydroxylation sites is 1. The van der Waals surface area contributed by atoms with Crippen molar-refractivity contribution < 1.29 is 4.79 Å². The summed E-state index contributed by atoms with van der Waals surface area (Å²) in [7, 11) is 0. The van der Waals surface area contributed by atoms with Gasteiger partial charge in [-0.05, 0) is 32.9 Å². The van der Waals surface area contributed by atoms with E-state index in [0.717, 1.165) is 23.0 Å². The van der Waals surface area contributed by atoms with Gasteiger partial charge in [-0.2, -0.15) is 5.26 Å². The molecule has 0 aliphatic rings. The molecule has 2 aromatic rings. The number of carbonyl (C=O) groups excluding carboxylic acids is 1. The Hall–Kier alpha value is -2.54. The average molecular weight is 281 g/mol. The number of aromatic nitrogens is 1. The zero-order valence-corrected chi connectivity index (χ0v) is 12.6. The fraction of sp³-hybridized carbons (Fsp3) is 0.294. The monoisotopic (exact) mass is 281 g/mol. The van der Waals surface area contributed by atoms with E-state index in [2.05, 4.69) is 16.8 Å². The molecule has 0 atom stereocenters. The van der Waals surface area contributed by atoms with Crippen LogP contribution < -0.4 is 5.32 Å². The van der Waals surface area contributed by atoms with E-state index < -0.39 is 0 Å². The minimum Gasteiger partial charge on any atom is -0.349 e. The molecule has 1 amide bonds. The highest BCUT2D eigenvalue weighted by Gasteiger charge is 2.12. The molecule has 1 aromatic carbocycles. The van der Waals surface area contributed by atoms with Crippen molar-refractivity contribution in [3.63, 3.8) is 0 Å². The van der Waals surface area contributed by atoms with Gasteiger partial charge < -0.3 is 9.88 Å². The molecule has 1 aromatic heterocycles. The van der Waals surface area contributed by atoms with Crippen LogP contribution in [0.2, 0.25) is 0 Å². The Morgan fingerprint density at radius 3 is 2.76 bits per heavy atom. The van der Waals surface area contributed by atoms with Crippen molar-refractivity contribution in [2.24, 2.45) is 0 Å². The van der Waals surface area contributed by atoms with Crippen LogP contribution in [-0.4, -0.2) is 16.5 Å². The van der Waals surface area contributed by atoms with Crippen LogP contribution in [0.3, 0.4) is 0 Å². The third-order valence-electron chi connectivity index (χ3n) is 3.24. The van der Waals surface area contributed by atoms with E-state index in [1.54, 1.807) is 6.08 Å². The van der Waals surface area contributed by atoms with E-state index in [9.17, 15) is 10.1 Å². The molecule has 108 valence electrons. The van der Waals surface area contributed by atoms with Crippen molar-refractivity contribution >= 4 is 22.9 Å². The van der Waals surface area contributed by atoms with E-state index in [1.165, 1.54) is 0 Å². The molecule has 4 heteroatoms. The molecule has 0 aliphatic heterocycles. The largest absolute Gasteiger partial charge is 0.349 e. The summed E-state index contributed by atoms with van der Waals surface area (Å²) in [6.07, 6.45) is 3.64. The molecule has 0 radical (unpaired) electrons. The first-order chi connectivity index (χ1) is 10.1. The van der Waals surface area contributed by atoms with E-state index in [4.69, 9.17) is 0 Å². The first-order valence-electron chi connectivity index (χ1n) is 7.07. The maximum Gasteiger partial charge on any atom is 0.262 e. The van der Waals surface area contributed by atoms with Crippen LogP contribution in [0.25, 0.3) is 17.0 Å². The van der Waals surface area contributed by atoms with Gasteiger partial charge in [-0.15, -0.1) is 0 Å². The standard InChI is InChI=1S/C17H19N3O/c1-4-20-11-14(15-7-5-6-8-16(15)20)9-13(10-18)17(21)19-12(2)3/h5-9,11-12H,4H2,1-3H3,(H,19,21)/b13-9-. The molecule has 1 heterocycles. The Bertz CT molecular complexity index is 732. The van der Waals surface area contributed by atoms with Gasteiger partial charge in [0, 0.05) is 35.2 Å². The first-order valence-corrected chi connectivity index (χ1v) is 7.07. The zero-order valence-electron chi connectivity index (χ0n) is 12.6. The van der Waals surface area contributed by atoms with Gasteiger partial charge in [-0.25, -0.2) is 0 Å².